The van der Waals surface area contributed by atoms with E-state index in [0.717, 1.165) is 5.57 Å². The fourth-order valence-electron chi connectivity index (χ4n) is 0.749. The average molecular weight is 256 g/mol. The van der Waals surface area contributed by atoms with Crippen LogP contribution in [-0.2, 0) is 0 Å². The van der Waals surface area contributed by atoms with Gasteiger partial charge in [-0.15, -0.1) is 6.58 Å². The highest BCUT2D eigenvalue weighted by Crippen LogP contribution is 2.14. The van der Waals surface area contributed by atoms with Gasteiger partial charge in [-0.2, -0.15) is 8.78 Å². The van der Waals surface area contributed by atoms with E-state index in [1.807, 2.05) is 20.8 Å². The van der Waals surface area contributed by atoms with Crippen LogP contribution in [0.5, 0.6) is 0 Å². The van der Waals surface area contributed by atoms with Crippen molar-refractivity contribution >= 4 is 0 Å². The molecule has 0 radical (unpaired) electrons. The molecule has 0 bridgehead atoms. The smallest absolute Gasteiger partial charge is 0.245 e. The zero-order chi connectivity index (χ0) is 14.4. The molecule has 1 aromatic rings. The van der Waals surface area contributed by atoms with E-state index in [1.54, 1.807) is 18.5 Å². The van der Waals surface area contributed by atoms with E-state index in [9.17, 15) is 8.78 Å². The molecule has 2 nitrogen and oxygen atoms in total. The molecule has 0 spiro atoms. The minimum absolute atomic E-state index is 0.169. The van der Waals surface area contributed by atoms with E-state index >= 15 is 0 Å². The van der Waals surface area contributed by atoms with Gasteiger partial charge in [-0.3, -0.25) is 0 Å². The summed E-state index contributed by atoms with van der Waals surface area (Å²) >= 11 is 0. The van der Waals surface area contributed by atoms with Crippen LogP contribution < -0.4 is 0 Å². The molecule has 0 aliphatic rings. The summed E-state index contributed by atoms with van der Waals surface area (Å²) < 4.78 is 23.5. The molecular formula is C14H22F2N2. The molecule has 0 amide bonds. The number of aromatic nitrogens is 2. The van der Waals surface area contributed by atoms with Crippen LogP contribution in [0, 0.1) is 0 Å². The van der Waals surface area contributed by atoms with Crippen molar-refractivity contribution in [2.24, 2.45) is 0 Å². The molecule has 1 heterocycles. The minimum Gasteiger partial charge on any atom is -0.245 e. The normalized spacial score (nSPS) is 8.11. The van der Waals surface area contributed by atoms with Crippen molar-refractivity contribution in [3.63, 3.8) is 0 Å². The first-order valence-electron chi connectivity index (χ1n) is 5.89. The second kappa shape index (κ2) is 13.5. The Kier molecular flexibility index (Phi) is 14.1. The predicted molar refractivity (Wildman–Crippen MR) is 72.3 cm³/mol. The van der Waals surface area contributed by atoms with Crippen LogP contribution in [0.2, 0.25) is 0 Å². The molecule has 0 N–H and O–H groups in total. The zero-order valence-corrected chi connectivity index (χ0v) is 11.6. The van der Waals surface area contributed by atoms with Crippen molar-refractivity contribution in [3.05, 3.63) is 48.6 Å². The standard InChI is InChI=1S/C8H12F2.C4H4N2.C2H6/c1-6(2)4-5-7(3)8(9)10;1-2-5-4-6-3-1;1-2/h1,4-5H2,2-3H3;1-4H;1-2H3. The third kappa shape index (κ3) is 14.4. The predicted octanol–water partition coefficient (Wildman–Crippen LogP) is 5.02. The van der Waals surface area contributed by atoms with Crippen LogP contribution in [0.15, 0.2) is 48.6 Å². The second-order valence-electron chi connectivity index (χ2n) is 3.40. The van der Waals surface area contributed by atoms with Gasteiger partial charge in [0, 0.05) is 12.4 Å². The van der Waals surface area contributed by atoms with Gasteiger partial charge < -0.3 is 0 Å². The van der Waals surface area contributed by atoms with Crippen LogP contribution in [0.4, 0.5) is 8.78 Å². The number of halogens is 2. The SMILES string of the molecule is C=C(C)CCC(C)=C(F)F.CC.c1cncnc1. The van der Waals surface area contributed by atoms with Gasteiger partial charge in [0.25, 0.3) is 6.08 Å². The Hall–Kier alpha value is -1.58. The van der Waals surface area contributed by atoms with E-state index in [-0.39, 0.29) is 5.57 Å². The summed E-state index contributed by atoms with van der Waals surface area (Å²) in [7, 11) is 0. The van der Waals surface area contributed by atoms with Gasteiger partial charge in [-0.1, -0.05) is 19.4 Å². The van der Waals surface area contributed by atoms with Crippen LogP contribution in [-0.4, -0.2) is 9.97 Å². The van der Waals surface area contributed by atoms with Crippen LogP contribution in [0.25, 0.3) is 0 Å². The number of hydrogen-bond acceptors (Lipinski definition) is 2. The molecule has 1 aromatic heterocycles. The maximum absolute atomic E-state index is 11.7. The highest BCUT2D eigenvalue weighted by atomic mass is 19.3. The molecule has 102 valence electrons. The molecule has 0 saturated heterocycles. The number of allylic oxidation sites excluding steroid dienone is 2. The average Bonchev–Trinajstić information content (AvgIpc) is 2.40. The second-order valence-corrected chi connectivity index (χ2v) is 3.40. The van der Waals surface area contributed by atoms with E-state index in [0.29, 0.717) is 12.8 Å². The number of hydrogen-bond donors (Lipinski definition) is 0. The van der Waals surface area contributed by atoms with Crippen molar-refractivity contribution in [2.45, 2.75) is 40.5 Å². The number of rotatable bonds is 3. The maximum Gasteiger partial charge on any atom is 0.269 e. The topological polar surface area (TPSA) is 25.8 Å². The summed E-state index contributed by atoms with van der Waals surface area (Å²) in [5.74, 6) is 0. The summed E-state index contributed by atoms with van der Waals surface area (Å²) in [6.07, 6.45) is 4.40. The van der Waals surface area contributed by atoms with E-state index in [1.165, 1.54) is 13.3 Å². The van der Waals surface area contributed by atoms with Crippen molar-refractivity contribution < 1.29 is 8.78 Å². The lowest BCUT2D eigenvalue weighted by molar-refractivity contribution is 0.408. The molecule has 0 aliphatic heterocycles. The fourth-order valence-corrected chi connectivity index (χ4v) is 0.749. The number of nitrogens with zero attached hydrogens (tertiary/aromatic N) is 2. The molecule has 0 unspecified atom stereocenters. The largest absolute Gasteiger partial charge is 0.269 e. The fraction of sp³-hybridized carbons (Fsp3) is 0.429. The van der Waals surface area contributed by atoms with Gasteiger partial charge in [0.1, 0.15) is 6.33 Å². The molecule has 1 rings (SSSR count). The van der Waals surface area contributed by atoms with Crippen molar-refractivity contribution in [1.82, 2.24) is 9.97 Å². The first-order chi connectivity index (χ1) is 8.54. The maximum atomic E-state index is 11.7. The lowest BCUT2D eigenvalue weighted by Gasteiger charge is -1.97. The molecule has 0 saturated carbocycles. The summed E-state index contributed by atoms with van der Waals surface area (Å²) in [4.78, 5) is 7.35. The van der Waals surface area contributed by atoms with Crippen LogP contribution >= 0.6 is 0 Å². The highest BCUT2D eigenvalue weighted by Gasteiger charge is 1.98. The Morgan fingerprint density at radius 2 is 1.56 bits per heavy atom. The van der Waals surface area contributed by atoms with Gasteiger partial charge in [0.2, 0.25) is 0 Å². The van der Waals surface area contributed by atoms with Gasteiger partial charge in [0.05, 0.1) is 0 Å². The summed E-state index contributed by atoms with van der Waals surface area (Å²) in [5, 5.41) is 0. The third-order valence-electron chi connectivity index (χ3n) is 1.73. The van der Waals surface area contributed by atoms with E-state index in [4.69, 9.17) is 0 Å². The summed E-state index contributed by atoms with van der Waals surface area (Å²) in [6, 6.07) is 1.78. The Morgan fingerprint density at radius 3 is 1.78 bits per heavy atom. The minimum atomic E-state index is -1.55. The van der Waals surface area contributed by atoms with E-state index < -0.39 is 6.08 Å². The Balaban J connectivity index is 0. The van der Waals surface area contributed by atoms with Gasteiger partial charge in [-0.05, 0) is 38.3 Å². The van der Waals surface area contributed by atoms with Crippen molar-refractivity contribution in [2.75, 3.05) is 0 Å². The van der Waals surface area contributed by atoms with Crippen LogP contribution in [0.1, 0.15) is 40.5 Å². The molecular weight excluding hydrogens is 234 g/mol. The first kappa shape index (κ1) is 18.8. The highest BCUT2D eigenvalue weighted by molar-refractivity contribution is 5.02. The lowest BCUT2D eigenvalue weighted by Crippen LogP contribution is -1.80. The lowest BCUT2D eigenvalue weighted by atomic mass is 10.1. The Morgan fingerprint density at radius 1 is 1.06 bits per heavy atom. The van der Waals surface area contributed by atoms with Crippen molar-refractivity contribution in [1.29, 1.82) is 0 Å². The molecule has 0 aliphatic carbocycles. The molecule has 0 fully saturated rings. The summed E-state index contributed by atoms with van der Waals surface area (Å²) in [6.45, 7) is 10.9. The zero-order valence-electron chi connectivity index (χ0n) is 11.6. The Labute approximate surface area is 108 Å². The van der Waals surface area contributed by atoms with Crippen molar-refractivity contribution in [3.8, 4) is 0 Å². The third-order valence-corrected chi connectivity index (χ3v) is 1.73. The molecule has 0 atom stereocenters. The molecule has 4 heteroatoms. The quantitative estimate of drug-likeness (QED) is 0.710. The van der Waals surface area contributed by atoms with Crippen LogP contribution in [0.3, 0.4) is 0 Å². The first-order valence-corrected chi connectivity index (χ1v) is 5.89. The van der Waals surface area contributed by atoms with Gasteiger partial charge in [0.15, 0.2) is 0 Å². The van der Waals surface area contributed by atoms with Gasteiger partial charge in [-0.25, -0.2) is 9.97 Å². The monoisotopic (exact) mass is 256 g/mol. The molecule has 18 heavy (non-hydrogen) atoms. The molecule has 0 aromatic carbocycles. The van der Waals surface area contributed by atoms with E-state index in [2.05, 4.69) is 16.5 Å². The van der Waals surface area contributed by atoms with Gasteiger partial charge >= 0.3 is 0 Å². The summed E-state index contributed by atoms with van der Waals surface area (Å²) in [5.41, 5.74) is 1.11. The Bertz CT molecular complexity index is 304.